The van der Waals surface area contributed by atoms with Crippen molar-refractivity contribution >= 4 is 0 Å². The first kappa shape index (κ1) is 13.2. The molecule has 0 bridgehead atoms. The van der Waals surface area contributed by atoms with Gasteiger partial charge < -0.3 is 10.2 Å². The molecule has 0 aliphatic rings. The molecule has 0 aliphatic carbocycles. The predicted molar refractivity (Wildman–Crippen MR) is 70.4 cm³/mol. The second-order valence-electron chi connectivity index (χ2n) is 5.08. The van der Waals surface area contributed by atoms with Crippen LogP contribution in [0.1, 0.15) is 25.0 Å². The molecular weight excluding hydrogens is 196 g/mol. The Kier molecular flexibility index (Phi) is 5.50. The molecule has 0 atom stereocenters. The van der Waals surface area contributed by atoms with Gasteiger partial charge in [-0.3, -0.25) is 0 Å². The summed E-state index contributed by atoms with van der Waals surface area (Å²) in [5.41, 5.74) is 2.74. The van der Waals surface area contributed by atoms with E-state index in [1.807, 2.05) is 0 Å². The van der Waals surface area contributed by atoms with E-state index in [4.69, 9.17) is 0 Å². The van der Waals surface area contributed by atoms with Gasteiger partial charge in [0.25, 0.3) is 0 Å². The van der Waals surface area contributed by atoms with Gasteiger partial charge in [-0.25, -0.2) is 0 Å². The van der Waals surface area contributed by atoms with Gasteiger partial charge in [0.1, 0.15) is 0 Å². The Morgan fingerprint density at radius 2 is 1.62 bits per heavy atom. The van der Waals surface area contributed by atoms with E-state index in [-0.39, 0.29) is 0 Å². The molecule has 2 nitrogen and oxygen atoms in total. The van der Waals surface area contributed by atoms with Crippen LogP contribution < -0.4 is 5.32 Å². The Hall–Kier alpha value is -0.860. The standard InChI is InChI=1S/C14H24N2/c1-12(2)9-15-10-13-5-7-14(8-6-13)11-16(3)4/h5-8,12,15H,9-11H2,1-4H3. The molecule has 0 amide bonds. The van der Waals surface area contributed by atoms with Crippen molar-refractivity contribution in [3.05, 3.63) is 35.4 Å². The van der Waals surface area contributed by atoms with E-state index in [1.165, 1.54) is 11.1 Å². The lowest BCUT2D eigenvalue weighted by Gasteiger charge is -2.11. The van der Waals surface area contributed by atoms with Crippen molar-refractivity contribution in [2.75, 3.05) is 20.6 Å². The Morgan fingerprint density at radius 3 is 2.12 bits per heavy atom. The minimum Gasteiger partial charge on any atom is -0.312 e. The number of nitrogens with zero attached hydrogens (tertiary/aromatic N) is 1. The van der Waals surface area contributed by atoms with Crippen molar-refractivity contribution in [2.45, 2.75) is 26.9 Å². The number of benzene rings is 1. The van der Waals surface area contributed by atoms with Crippen LogP contribution in [0.2, 0.25) is 0 Å². The van der Waals surface area contributed by atoms with Crippen molar-refractivity contribution in [2.24, 2.45) is 5.92 Å². The Balaban J connectivity index is 2.39. The van der Waals surface area contributed by atoms with Gasteiger partial charge in [-0.05, 0) is 37.7 Å². The SMILES string of the molecule is CC(C)CNCc1ccc(CN(C)C)cc1. The highest BCUT2D eigenvalue weighted by molar-refractivity contribution is 5.22. The van der Waals surface area contributed by atoms with Gasteiger partial charge in [-0.2, -0.15) is 0 Å². The molecule has 2 heteroatoms. The second kappa shape index (κ2) is 6.66. The van der Waals surface area contributed by atoms with Gasteiger partial charge in [-0.15, -0.1) is 0 Å². The van der Waals surface area contributed by atoms with Crippen LogP contribution in [0.3, 0.4) is 0 Å². The average Bonchev–Trinajstić information content (AvgIpc) is 2.19. The molecule has 1 aromatic rings. The second-order valence-corrected chi connectivity index (χ2v) is 5.08. The molecule has 0 radical (unpaired) electrons. The van der Waals surface area contributed by atoms with Gasteiger partial charge >= 0.3 is 0 Å². The summed E-state index contributed by atoms with van der Waals surface area (Å²) in [4.78, 5) is 2.19. The highest BCUT2D eigenvalue weighted by Crippen LogP contribution is 2.06. The van der Waals surface area contributed by atoms with Crippen molar-refractivity contribution in [3.63, 3.8) is 0 Å². The summed E-state index contributed by atoms with van der Waals surface area (Å²) in [6, 6.07) is 8.86. The summed E-state index contributed by atoms with van der Waals surface area (Å²) in [5, 5.41) is 3.45. The molecule has 0 unspecified atom stereocenters. The Bertz CT molecular complexity index is 288. The topological polar surface area (TPSA) is 15.3 Å². The molecular formula is C14H24N2. The predicted octanol–water partition coefficient (Wildman–Crippen LogP) is 2.49. The fourth-order valence-corrected chi connectivity index (χ4v) is 1.63. The maximum Gasteiger partial charge on any atom is 0.0227 e. The van der Waals surface area contributed by atoms with Crippen LogP contribution in [0.4, 0.5) is 0 Å². The molecule has 0 aromatic heterocycles. The van der Waals surface area contributed by atoms with Crippen molar-refractivity contribution < 1.29 is 0 Å². The minimum absolute atomic E-state index is 0.716. The lowest BCUT2D eigenvalue weighted by molar-refractivity contribution is 0.402. The normalized spacial score (nSPS) is 11.4. The van der Waals surface area contributed by atoms with Crippen molar-refractivity contribution in [1.29, 1.82) is 0 Å². The molecule has 90 valence electrons. The zero-order valence-electron chi connectivity index (χ0n) is 11.0. The van der Waals surface area contributed by atoms with E-state index >= 15 is 0 Å². The van der Waals surface area contributed by atoms with E-state index in [9.17, 15) is 0 Å². The summed E-state index contributed by atoms with van der Waals surface area (Å²) >= 11 is 0. The summed E-state index contributed by atoms with van der Waals surface area (Å²) < 4.78 is 0. The minimum atomic E-state index is 0.716. The highest BCUT2D eigenvalue weighted by atomic mass is 15.0. The maximum atomic E-state index is 3.45. The van der Waals surface area contributed by atoms with Gasteiger partial charge in [0.2, 0.25) is 0 Å². The first-order chi connectivity index (χ1) is 7.58. The lowest BCUT2D eigenvalue weighted by Crippen LogP contribution is -2.19. The fraction of sp³-hybridized carbons (Fsp3) is 0.571. The number of nitrogens with one attached hydrogen (secondary N) is 1. The zero-order valence-corrected chi connectivity index (χ0v) is 11.0. The number of hydrogen-bond donors (Lipinski definition) is 1. The van der Waals surface area contributed by atoms with E-state index in [2.05, 4.69) is 62.4 Å². The summed E-state index contributed by atoms with van der Waals surface area (Å²) in [7, 11) is 4.19. The Labute approximate surface area is 99.7 Å². The Morgan fingerprint density at radius 1 is 1.06 bits per heavy atom. The van der Waals surface area contributed by atoms with Crippen LogP contribution in [-0.2, 0) is 13.1 Å². The quantitative estimate of drug-likeness (QED) is 0.792. The molecule has 0 spiro atoms. The van der Waals surface area contributed by atoms with E-state index < -0.39 is 0 Å². The molecule has 1 aromatic carbocycles. The van der Waals surface area contributed by atoms with Crippen LogP contribution in [0.5, 0.6) is 0 Å². The summed E-state index contributed by atoms with van der Waals surface area (Å²) in [6.07, 6.45) is 0. The molecule has 0 fully saturated rings. The molecule has 0 saturated heterocycles. The smallest absolute Gasteiger partial charge is 0.0227 e. The third kappa shape index (κ3) is 5.29. The van der Waals surface area contributed by atoms with Crippen LogP contribution in [0.25, 0.3) is 0 Å². The van der Waals surface area contributed by atoms with Crippen LogP contribution in [-0.4, -0.2) is 25.5 Å². The van der Waals surface area contributed by atoms with Gasteiger partial charge in [0.05, 0.1) is 0 Å². The molecule has 0 aliphatic heterocycles. The summed E-state index contributed by atoms with van der Waals surface area (Å²) in [6.45, 7) is 7.53. The zero-order chi connectivity index (χ0) is 12.0. The molecule has 16 heavy (non-hydrogen) atoms. The van der Waals surface area contributed by atoms with Crippen molar-refractivity contribution in [3.8, 4) is 0 Å². The first-order valence-corrected chi connectivity index (χ1v) is 6.01. The van der Waals surface area contributed by atoms with Gasteiger partial charge in [-0.1, -0.05) is 38.1 Å². The third-order valence-electron chi connectivity index (χ3n) is 2.40. The van der Waals surface area contributed by atoms with Gasteiger partial charge in [0.15, 0.2) is 0 Å². The van der Waals surface area contributed by atoms with Gasteiger partial charge in [0, 0.05) is 13.1 Å². The monoisotopic (exact) mass is 220 g/mol. The van der Waals surface area contributed by atoms with Crippen LogP contribution in [0, 0.1) is 5.92 Å². The lowest BCUT2D eigenvalue weighted by atomic mass is 10.1. The van der Waals surface area contributed by atoms with E-state index in [0.29, 0.717) is 5.92 Å². The maximum absolute atomic E-state index is 3.45. The average molecular weight is 220 g/mol. The van der Waals surface area contributed by atoms with Crippen molar-refractivity contribution in [1.82, 2.24) is 10.2 Å². The number of hydrogen-bond acceptors (Lipinski definition) is 2. The molecule has 1 rings (SSSR count). The molecule has 0 saturated carbocycles. The van der Waals surface area contributed by atoms with Crippen LogP contribution in [0.15, 0.2) is 24.3 Å². The number of rotatable bonds is 6. The largest absolute Gasteiger partial charge is 0.312 e. The molecule has 1 N–H and O–H groups in total. The highest BCUT2D eigenvalue weighted by Gasteiger charge is 1.97. The third-order valence-corrected chi connectivity index (χ3v) is 2.40. The molecule has 0 heterocycles. The van der Waals surface area contributed by atoms with E-state index in [1.54, 1.807) is 0 Å². The van der Waals surface area contributed by atoms with Crippen LogP contribution >= 0.6 is 0 Å². The first-order valence-electron chi connectivity index (χ1n) is 6.01. The fourth-order valence-electron chi connectivity index (χ4n) is 1.63. The summed E-state index contributed by atoms with van der Waals surface area (Å²) in [5.74, 6) is 0.716. The van der Waals surface area contributed by atoms with E-state index in [0.717, 1.165) is 19.6 Å².